The molecule has 0 radical (unpaired) electrons. The second-order valence-electron chi connectivity index (χ2n) is 6.87. The number of carbonyl (C=O) groups excluding carboxylic acids is 1. The van der Waals surface area contributed by atoms with Crippen molar-refractivity contribution in [2.24, 2.45) is 0 Å². The van der Waals surface area contributed by atoms with Gasteiger partial charge in [-0.3, -0.25) is 14.2 Å². The second kappa shape index (κ2) is 9.63. The van der Waals surface area contributed by atoms with Gasteiger partial charge in [-0.25, -0.2) is 0 Å². The summed E-state index contributed by atoms with van der Waals surface area (Å²) in [7, 11) is 1.49. The molecule has 3 rings (SSSR count). The number of Topliss-reactive ketones (excluding diaryl/α,β-unsaturated/α-hetero) is 1. The topological polar surface area (TPSA) is 102 Å². The zero-order chi connectivity index (χ0) is 22.4. The molecule has 1 aromatic heterocycles. The Morgan fingerprint density at radius 2 is 1.74 bits per heavy atom. The fourth-order valence-corrected chi connectivity index (χ4v) is 3.33. The number of nitrogens with zero attached hydrogens (tertiary/aromatic N) is 2. The van der Waals surface area contributed by atoms with Crippen LogP contribution in [0.15, 0.2) is 59.4 Å². The highest BCUT2D eigenvalue weighted by Gasteiger charge is 2.24. The Morgan fingerprint density at radius 1 is 1.10 bits per heavy atom. The Balaban J connectivity index is 1.92. The molecule has 0 aliphatic carbocycles. The molecule has 7 heteroatoms. The number of aryl methyl sites for hydroxylation is 1. The number of ether oxygens (including phenoxy) is 2. The lowest BCUT2D eigenvalue weighted by atomic mass is 10.0. The Bertz CT molecular complexity index is 1190. The number of benzene rings is 2. The number of rotatable bonds is 8. The van der Waals surface area contributed by atoms with Crippen LogP contribution in [0.1, 0.15) is 27.0 Å². The first-order valence-electron chi connectivity index (χ1n) is 9.67. The highest BCUT2D eigenvalue weighted by Crippen LogP contribution is 2.27. The van der Waals surface area contributed by atoms with Crippen LogP contribution in [0.3, 0.4) is 0 Å². The molecule has 3 aromatic rings. The highest BCUT2D eigenvalue weighted by molar-refractivity contribution is 6.01. The minimum absolute atomic E-state index is 0.0980. The maximum atomic E-state index is 12.9. The predicted octanol–water partition coefficient (Wildman–Crippen LogP) is 3.25. The summed E-state index contributed by atoms with van der Waals surface area (Å²) in [4.78, 5) is 25.6. The summed E-state index contributed by atoms with van der Waals surface area (Å²) in [5.41, 5.74) is 0.191. The first-order chi connectivity index (χ1) is 15.0. The average molecular weight is 418 g/mol. The van der Waals surface area contributed by atoms with E-state index >= 15 is 0 Å². The third-order valence-electron chi connectivity index (χ3n) is 4.97. The molecular formula is C24H22N2O5. The summed E-state index contributed by atoms with van der Waals surface area (Å²) in [5, 5.41) is 20.2. The number of aromatic hydroxyl groups is 1. The van der Waals surface area contributed by atoms with Gasteiger partial charge in [0.05, 0.1) is 12.7 Å². The quantitative estimate of drug-likeness (QED) is 0.564. The summed E-state index contributed by atoms with van der Waals surface area (Å²) in [5.74, 6) is -0.188. The van der Waals surface area contributed by atoms with Crippen molar-refractivity contribution in [3.63, 3.8) is 0 Å². The zero-order valence-corrected chi connectivity index (χ0v) is 17.3. The Morgan fingerprint density at radius 3 is 2.39 bits per heavy atom. The van der Waals surface area contributed by atoms with E-state index < -0.39 is 23.8 Å². The Hall–Kier alpha value is -4.05. The van der Waals surface area contributed by atoms with Crippen LogP contribution in [0.5, 0.6) is 17.4 Å². The third kappa shape index (κ3) is 4.59. The van der Waals surface area contributed by atoms with Gasteiger partial charge in [0.2, 0.25) is 11.7 Å². The van der Waals surface area contributed by atoms with Crippen molar-refractivity contribution in [3.8, 4) is 23.4 Å². The number of para-hydroxylation sites is 2. The van der Waals surface area contributed by atoms with Crippen molar-refractivity contribution < 1.29 is 19.4 Å². The van der Waals surface area contributed by atoms with E-state index in [0.29, 0.717) is 17.9 Å². The molecule has 0 fully saturated rings. The van der Waals surface area contributed by atoms with Gasteiger partial charge in [-0.1, -0.05) is 42.5 Å². The summed E-state index contributed by atoms with van der Waals surface area (Å²) >= 11 is 0. The lowest BCUT2D eigenvalue weighted by Gasteiger charge is -2.16. The lowest BCUT2D eigenvalue weighted by molar-refractivity contribution is 0.0914. The number of hydrogen-bond acceptors (Lipinski definition) is 6. The van der Waals surface area contributed by atoms with Crippen LogP contribution in [0.2, 0.25) is 0 Å². The fraction of sp³-hybridized carbons (Fsp3) is 0.208. The van der Waals surface area contributed by atoms with E-state index in [4.69, 9.17) is 9.47 Å². The largest absolute Gasteiger partial charge is 0.494 e. The average Bonchev–Trinajstić information content (AvgIpc) is 2.78. The predicted molar refractivity (Wildman–Crippen MR) is 115 cm³/mol. The van der Waals surface area contributed by atoms with Crippen molar-refractivity contribution >= 4 is 5.78 Å². The van der Waals surface area contributed by atoms with E-state index in [0.717, 1.165) is 10.1 Å². The van der Waals surface area contributed by atoms with Gasteiger partial charge in [-0.15, -0.1) is 0 Å². The van der Waals surface area contributed by atoms with Crippen molar-refractivity contribution in [2.45, 2.75) is 19.9 Å². The summed E-state index contributed by atoms with van der Waals surface area (Å²) in [6, 6.07) is 18.1. The van der Waals surface area contributed by atoms with Crippen LogP contribution in [0.25, 0.3) is 0 Å². The molecule has 31 heavy (non-hydrogen) atoms. The highest BCUT2D eigenvalue weighted by atomic mass is 16.5. The minimum atomic E-state index is -0.629. The fourth-order valence-electron chi connectivity index (χ4n) is 3.33. The number of carbonyl (C=O) groups is 1. The van der Waals surface area contributed by atoms with Gasteiger partial charge in [0, 0.05) is 6.54 Å². The molecule has 0 aliphatic rings. The van der Waals surface area contributed by atoms with Gasteiger partial charge in [-0.05, 0) is 36.6 Å². The smallest absolute Gasteiger partial charge is 0.271 e. The Kier molecular flexibility index (Phi) is 6.73. The minimum Gasteiger partial charge on any atom is -0.494 e. The van der Waals surface area contributed by atoms with Gasteiger partial charge in [0.25, 0.3) is 5.56 Å². The molecule has 0 aliphatic heterocycles. The maximum Gasteiger partial charge on any atom is 0.271 e. The number of pyridine rings is 1. The molecule has 0 saturated heterocycles. The summed E-state index contributed by atoms with van der Waals surface area (Å²) in [6.07, 6.45) is 0.452. The van der Waals surface area contributed by atoms with Crippen LogP contribution >= 0.6 is 0 Å². The van der Waals surface area contributed by atoms with Crippen molar-refractivity contribution in [2.75, 3.05) is 13.7 Å². The van der Waals surface area contributed by atoms with E-state index in [1.807, 2.05) is 36.4 Å². The molecule has 0 saturated carbocycles. The standard InChI is InChI=1S/C24H22N2O5/c1-16-18(14-25)23(28)26(13-12-17-8-4-3-5-9-17)24(29)22(16)19(27)15-31-21-11-7-6-10-20(21)30-2/h3-11,29H,12-13,15H2,1-2H3. The zero-order valence-electron chi connectivity index (χ0n) is 17.3. The molecule has 0 amide bonds. The van der Waals surface area contributed by atoms with Crippen molar-refractivity contribution in [1.29, 1.82) is 5.26 Å². The number of ketones is 1. The van der Waals surface area contributed by atoms with Crippen LogP contribution in [0.4, 0.5) is 0 Å². The molecule has 2 aromatic carbocycles. The Labute approximate surface area is 179 Å². The normalized spacial score (nSPS) is 10.4. The molecule has 0 bridgehead atoms. The second-order valence-corrected chi connectivity index (χ2v) is 6.87. The SMILES string of the molecule is COc1ccccc1OCC(=O)c1c(C)c(C#N)c(=O)n(CCc2ccccc2)c1O. The van der Waals surface area contributed by atoms with Gasteiger partial charge in [0.15, 0.2) is 18.1 Å². The van der Waals surface area contributed by atoms with Crippen molar-refractivity contribution in [1.82, 2.24) is 4.57 Å². The monoisotopic (exact) mass is 418 g/mol. The molecule has 1 N–H and O–H groups in total. The molecule has 0 spiro atoms. The van der Waals surface area contributed by atoms with Crippen LogP contribution in [0, 0.1) is 18.3 Å². The van der Waals surface area contributed by atoms with Crippen LogP contribution < -0.4 is 15.0 Å². The number of methoxy groups -OCH3 is 1. The van der Waals surface area contributed by atoms with E-state index in [1.165, 1.54) is 14.0 Å². The molecule has 1 heterocycles. The van der Waals surface area contributed by atoms with E-state index in [9.17, 15) is 20.0 Å². The number of hydrogen-bond donors (Lipinski definition) is 1. The van der Waals surface area contributed by atoms with E-state index in [-0.39, 0.29) is 23.2 Å². The van der Waals surface area contributed by atoms with Gasteiger partial charge >= 0.3 is 0 Å². The van der Waals surface area contributed by atoms with Crippen LogP contribution in [-0.2, 0) is 13.0 Å². The first kappa shape index (κ1) is 21.7. The molecule has 0 unspecified atom stereocenters. The van der Waals surface area contributed by atoms with E-state index in [2.05, 4.69) is 0 Å². The number of aromatic nitrogens is 1. The molecule has 0 atom stereocenters. The van der Waals surface area contributed by atoms with Crippen LogP contribution in [-0.4, -0.2) is 29.2 Å². The van der Waals surface area contributed by atoms with E-state index in [1.54, 1.807) is 24.3 Å². The van der Waals surface area contributed by atoms with Gasteiger partial charge in [0.1, 0.15) is 11.6 Å². The molecule has 158 valence electrons. The maximum absolute atomic E-state index is 12.9. The van der Waals surface area contributed by atoms with Crippen molar-refractivity contribution in [3.05, 3.63) is 87.2 Å². The molecular weight excluding hydrogens is 396 g/mol. The third-order valence-corrected chi connectivity index (χ3v) is 4.97. The summed E-state index contributed by atoms with van der Waals surface area (Å²) < 4.78 is 11.8. The van der Waals surface area contributed by atoms with Gasteiger partial charge < -0.3 is 14.6 Å². The first-order valence-corrected chi connectivity index (χ1v) is 9.67. The van der Waals surface area contributed by atoms with Gasteiger partial charge in [-0.2, -0.15) is 5.26 Å². The lowest BCUT2D eigenvalue weighted by Crippen LogP contribution is -2.28. The molecule has 7 nitrogen and oxygen atoms in total. The number of nitriles is 1. The summed E-state index contributed by atoms with van der Waals surface area (Å²) in [6.45, 7) is 1.20.